The standard InChI is InChI=1S/C9H17N3O/c1-3-9(13)11-8-5-4-6-12(7-8)10-2/h3,8,10H,1,4-7H2,2H3,(H,11,13). The van der Waals surface area contributed by atoms with E-state index in [0.29, 0.717) is 0 Å². The molecule has 0 spiro atoms. The predicted molar refractivity (Wildman–Crippen MR) is 52.0 cm³/mol. The Hall–Kier alpha value is -0.870. The van der Waals surface area contributed by atoms with E-state index in [9.17, 15) is 4.79 Å². The lowest BCUT2D eigenvalue weighted by molar-refractivity contribution is -0.117. The number of carbonyl (C=O) groups is 1. The van der Waals surface area contributed by atoms with Crippen LogP contribution in [0.1, 0.15) is 12.8 Å². The van der Waals surface area contributed by atoms with Crippen molar-refractivity contribution in [2.45, 2.75) is 18.9 Å². The molecule has 0 saturated carbocycles. The number of rotatable bonds is 3. The smallest absolute Gasteiger partial charge is 0.243 e. The summed E-state index contributed by atoms with van der Waals surface area (Å²) in [6, 6.07) is 0.256. The van der Waals surface area contributed by atoms with Crippen molar-refractivity contribution in [1.29, 1.82) is 0 Å². The Balaban J connectivity index is 2.33. The van der Waals surface area contributed by atoms with Gasteiger partial charge in [0.2, 0.25) is 5.91 Å². The molecule has 4 nitrogen and oxygen atoms in total. The molecule has 2 N–H and O–H groups in total. The van der Waals surface area contributed by atoms with Gasteiger partial charge in [0.15, 0.2) is 0 Å². The molecule has 0 aromatic heterocycles. The molecular formula is C9H17N3O. The molecule has 1 heterocycles. The fourth-order valence-corrected chi connectivity index (χ4v) is 1.56. The Morgan fingerprint density at radius 3 is 3.08 bits per heavy atom. The third-order valence-electron chi connectivity index (χ3n) is 2.27. The molecule has 1 aliphatic heterocycles. The summed E-state index contributed by atoms with van der Waals surface area (Å²) in [5, 5.41) is 5.00. The SMILES string of the molecule is C=CC(=O)NC1CCCN(NC)C1. The lowest BCUT2D eigenvalue weighted by atomic mass is 10.1. The summed E-state index contributed by atoms with van der Waals surface area (Å²) in [5.41, 5.74) is 3.08. The molecule has 1 aliphatic rings. The van der Waals surface area contributed by atoms with Gasteiger partial charge in [-0.2, -0.15) is 0 Å². The van der Waals surface area contributed by atoms with E-state index in [1.54, 1.807) is 0 Å². The molecule has 1 rings (SSSR count). The predicted octanol–water partition coefficient (Wildman–Crippen LogP) is -0.113. The summed E-state index contributed by atoms with van der Waals surface area (Å²) in [7, 11) is 1.90. The van der Waals surface area contributed by atoms with E-state index in [-0.39, 0.29) is 11.9 Å². The highest BCUT2D eigenvalue weighted by atomic mass is 16.1. The second-order valence-electron chi connectivity index (χ2n) is 3.22. The Morgan fingerprint density at radius 2 is 2.46 bits per heavy atom. The third kappa shape index (κ3) is 3.16. The van der Waals surface area contributed by atoms with Crippen molar-refractivity contribution in [2.24, 2.45) is 0 Å². The summed E-state index contributed by atoms with van der Waals surface area (Å²) in [5.74, 6) is -0.0806. The summed E-state index contributed by atoms with van der Waals surface area (Å²) in [4.78, 5) is 11.0. The van der Waals surface area contributed by atoms with E-state index in [1.165, 1.54) is 6.08 Å². The number of carbonyl (C=O) groups excluding carboxylic acids is 1. The minimum absolute atomic E-state index is 0.0806. The molecule has 0 aliphatic carbocycles. The molecule has 4 heteroatoms. The number of nitrogens with one attached hydrogen (secondary N) is 2. The largest absolute Gasteiger partial charge is 0.348 e. The maximum Gasteiger partial charge on any atom is 0.243 e. The van der Waals surface area contributed by atoms with Crippen molar-refractivity contribution >= 4 is 5.91 Å². The average molecular weight is 183 g/mol. The van der Waals surface area contributed by atoms with E-state index < -0.39 is 0 Å². The van der Waals surface area contributed by atoms with Crippen LogP contribution >= 0.6 is 0 Å². The van der Waals surface area contributed by atoms with Crippen molar-refractivity contribution in [2.75, 3.05) is 20.1 Å². The van der Waals surface area contributed by atoms with Gasteiger partial charge in [-0.3, -0.25) is 10.2 Å². The lowest BCUT2D eigenvalue weighted by Crippen LogP contribution is -2.51. The minimum atomic E-state index is -0.0806. The van der Waals surface area contributed by atoms with Gasteiger partial charge in [-0.1, -0.05) is 6.58 Å². The number of amides is 1. The molecule has 0 radical (unpaired) electrons. The Labute approximate surface area is 79.0 Å². The second kappa shape index (κ2) is 4.99. The molecule has 0 aromatic carbocycles. The van der Waals surface area contributed by atoms with Crippen LogP contribution in [-0.2, 0) is 4.79 Å². The maximum atomic E-state index is 11.0. The topological polar surface area (TPSA) is 44.4 Å². The van der Waals surface area contributed by atoms with Crippen molar-refractivity contribution < 1.29 is 4.79 Å². The first-order valence-corrected chi connectivity index (χ1v) is 4.61. The first-order chi connectivity index (χ1) is 6.26. The molecular weight excluding hydrogens is 166 g/mol. The van der Waals surface area contributed by atoms with Crippen LogP contribution < -0.4 is 10.7 Å². The summed E-state index contributed by atoms with van der Waals surface area (Å²) in [6.45, 7) is 5.35. The molecule has 0 aromatic rings. The number of nitrogens with zero attached hydrogens (tertiary/aromatic N) is 1. The van der Waals surface area contributed by atoms with Gasteiger partial charge in [0.05, 0.1) is 0 Å². The van der Waals surface area contributed by atoms with Gasteiger partial charge in [-0.25, -0.2) is 5.01 Å². The van der Waals surface area contributed by atoms with E-state index in [2.05, 4.69) is 22.3 Å². The Morgan fingerprint density at radius 1 is 1.69 bits per heavy atom. The third-order valence-corrected chi connectivity index (χ3v) is 2.27. The van der Waals surface area contributed by atoms with E-state index >= 15 is 0 Å². The molecule has 1 fully saturated rings. The highest BCUT2D eigenvalue weighted by molar-refractivity contribution is 5.87. The number of piperidine rings is 1. The van der Waals surface area contributed by atoms with Gasteiger partial charge < -0.3 is 5.32 Å². The fourth-order valence-electron chi connectivity index (χ4n) is 1.56. The summed E-state index contributed by atoms with van der Waals surface area (Å²) < 4.78 is 0. The van der Waals surface area contributed by atoms with Crippen molar-refractivity contribution in [3.8, 4) is 0 Å². The second-order valence-corrected chi connectivity index (χ2v) is 3.22. The number of hydrogen-bond acceptors (Lipinski definition) is 3. The first kappa shape index (κ1) is 10.2. The van der Waals surface area contributed by atoms with Gasteiger partial charge in [0, 0.05) is 19.1 Å². The van der Waals surface area contributed by atoms with Crippen molar-refractivity contribution in [3.63, 3.8) is 0 Å². The highest BCUT2D eigenvalue weighted by Gasteiger charge is 2.19. The van der Waals surface area contributed by atoms with Crippen molar-refractivity contribution in [1.82, 2.24) is 15.8 Å². The van der Waals surface area contributed by atoms with Gasteiger partial charge in [-0.15, -0.1) is 0 Å². The Bertz CT molecular complexity index is 193. The van der Waals surface area contributed by atoms with Crippen molar-refractivity contribution in [3.05, 3.63) is 12.7 Å². The Kier molecular flexibility index (Phi) is 3.92. The van der Waals surface area contributed by atoms with Crippen LogP contribution in [0.15, 0.2) is 12.7 Å². The van der Waals surface area contributed by atoms with Crippen LogP contribution in [0.2, 0.25) is 0 Å². The highest BCUT2D eigenvalue weighted by Crippen LogP contribution is 2.07. The van der Waals surface area contributed by atoms with Crippen LogP contribution in [0.25, 0.3) is 0 Å². The first-order valence-electron chi connectivity index (χ1n) is 4.61. The van der Waals surface area contributed by atoms with Crippen LogP contribution in [0, 0.1) is 0 Å². The minimum Gasteiger partial charge on any atom is -0.348 e. The zero-order chi connectivity index (χ0) is 9.68. The molecule has 74 valence electrons. The monoisotopic (exact) mass is 183 g/mol. The van der Waals surface area contributed by atoms with Gasteiger partial charge in [-0.05, 0) is 26.0 Å². The van der Waals surface area contributed by atoms with Crippen LogP contribution in [0.3, 0.4) is 0 Å². The van der Waals surface area contributed by atoms with Gasteiger partial charge >= 0.3 is 0 Å². The quantitative estimate of drug-likeness (QED) is 0.600. The van der Waals surface area contributed by atoms with Crippen LogP contribution in [0.5, 0.6) is 0 Å². The lowest BCUT2D eigenvalue weighted by Gasteiger charge is -2.32. The zero-order valence-corrected chi connectivity index (χ0v) is 8.05. The fraction of sp³-hybridized carbons (Fsp3) is 0.667. The molecule has 13 heavy (non-hydrogen) atoms. The van der Waals surface area contributed by atoms with Gasteiger partial charge in [0.1, 0.15) is 0 Å². The number of hydrazine groups is 1. The van der Waals surface area contributed by atoms with E-state index in [1.807, 2.05) is 7.05 Å². The number of hydrogen-bond donors (Lipinski definition) is 2. The molecule has 1 atom stereocenters. The molecule has 1 unspecified atom stereocenters. The van der Waals surface area contributed by atoms with E-state index in [4.69, 9.17) is 0 Å². The molecule has 1 amide bonds. The molecule has 1 saturated heterocycles. The maximum absolute atomic E-state index is 11.0. The normalized spacial score (nSPS) is 23.9. The van der Waals surface area contributed by atoms with Gasteiger partial charge in [0.25, 0.3) is 0 Å². The summed E-state index contributed by atoms with van der Waals surface area (Å²) in [6.07, 6.45) is 3.49. The summed E-state index contributed by atoms with van der Waals surface area (Å²) >= 11 is 0. The van der Waals surface area contributed by atoms with E-state index in [0.717, 1.165) is 25.9 Å². The molecule has 0 bridgehead atoms. The van der Waals surface area contributed by atoms with Crippen LogP contribution in [-0.4, -0.2) is 37.1 Å². The average Bonchev–Trinajstić information content (AvgIpc) is 2.18. The van der Waals surface area contributed by atoms with Crippen LogP contribution in [0.4, 0.5) is 0 Å². The zero-order valence-electron chi connectivity index (χ0n) is 8.05.